The third-order valence-corrected chi connectivity index (χ3v) is 2.79. The number of nitrogens with two attached hydrogens (primary N) is 1. The van der Waals surface area contributed by atoms with Crippen LogP contribution in [0.15, 0.2) is 28.9 Å². The van der Waals surface area contributed by atoms with Gasteiger partial charge >= 0.3 is 0 Å². The van der Waals surface area contributed by atoms with Gasteiger partial charge in [-0.15, -0.1) is 5.10 Å². The molecule has 14 heavy (non-hydrogen) atoms. The molecule has 0 saturated carbocycles. The molecule has 2 N–H and O–H groups in total. The van der Waals surface area contributed by atoms with Gasteiger partial charge in [-0.1, -0.05) is 27.2 Å². The molecule has 0 aliphatic heterocycles. The normalized spacial score (nSPS) is 10.4. The number of nitrogen functional groups attached to an aromatic ring is 1. The van der Waals surface area contributed by atoms with Crippen LogP contribution >= 0.6 is 15.9 Å². The van der Waals surface area contributed by atoms with Crippen molar-refractivity contribution >= 4 is 21.7 Å². The van der Waals surface area contributed by atoms with E-state index in [2.05, 4.69) is 26.2 Å². The Morgan fingerprint density at radius 3 is 2.79 bits per heavy atom. The van der Waals surface area contributed by atoms with E-state index in [1.54, 1.807) is 10.9 Å². The van der Waals surface area contributed by atoms with E-state index in [4.69, 9.17) is 5.73 Å². The van der Waals surface area contributed by atoms with Crippen molar-refractivity contribution in [1.82, 2.24) is 15.0 Å². The molecule has 0 spiro atoms. The molecule has 0 amide bonds. The van der Waals surface area contributed by atoms with E-state index in [1.807, 2.05) is 25.1 Å². The molecule has 1 aromatic heterocycles. The van der Waals surface area contributed by atoms with Crippen molar-refractivity contribution in [3.63, 3.8) is 0 Å². The first-order chi connectivity index (χ1) is 6.66. The van der Waals surface area contributed by atoms with Crippen molar-refractivity contribution in [1.29, 1.82) is 0 Å². The highest BCUT2D eigenvalue weighted by molar-refractivity contribution is 9.10. The summed E-state index contributed by atoms with van der Waals surface area (Å²) in [6, 6.07) is 5.95. The zero-order chi connectivity index (χ0) is 10.1. The molecule has 0 aliphatic rings. The fraction of sp³-hybridized carbons (Fsp3) is 0.111. The molecule has 0 saturated heterocycles. The van der Waals surface area contributed by atoms with Gasteiger partial charge in [-0.25, -0.2) is 4.68 Å². The number of halogens is 1. The lowest BCUT2D eigenvalue weighted by molar-refractivity contribution is 0.803. The second-order valence-corrected chi connectivity index (χ2v) is 3.88. The number of aryl methyl sites for hydroxylation is 1. The van der Waals surface area contributed by atoms with Crippen molar-refractivity contribution in [3.8, 4) is 5.69 Å². The molecule has 0 radical (unpaired) electrons. The molecule has 0 unspecified atom stereocenters. The summed E-state index contributed by atoms with van der Waals surface area (Å²) < 4.78 is 2.68. The number of hydrogen-bond donors (Lipinski definition) is 1. The van der Waals surface area contributed by atoms with Crippen LogP contribution in [0.25, 0.3) is 5.69 Å². The summed E-state index contributed by atoms with van der Waals surface area (Å²) in [5.41, 5.74) is 7.60. The largest absolute Gasteiger partial charge is 0.381 e. The van der Waals surface area contributed by atoms with Crippen LogP contribution in [0.1, 0.15) is 5.56 Å². The minimum absolute atomic E-state index is 0.418. The molecular formula is C9H9BrN4. The molecule has 2 aromatic rings. The lowest BCUT2D eigenvalue weighted by Gasteiger charge is -2.02. The quantitative estimate of drug-likeness (QED) is 0.844. The van der Waals surface area contributed by atoms with Gasteiger partial charge in [0.1, 0.15) is 0 Å². The predicted molar refractivity (Wildman–Crippen MR) is 58.2 cm³/mol. The van der Waals surface area contributed by atoms with E-state index < -0.39 is 0 Å². The zero-order valence-corrected chi connectivity index (χ0v) is 9.19. The molecule has 5 heteroatoms. The van der Waals surface area contributed by atoms with Crippen LogP contribution in [0, 0.1) is 6.92 Å². The van der Waals surface area contributed by atoms with Gasteiger partial charge in [0.25, 0.3) is 0 Å². The first-order valence-corrected chi connectivity index (χ1v) is 4.90. The van der Waals surface area contributed by atoms with Crippen molar-refractivity contribution in [2.45, 2.75) is 6.92 Å². The SMILES string of the molecule is Cc1ccc(-n2cc(N)nn2)cc1Br. The van der Waals surface area contributed by atoms with Gasteiger partial charge in [-0.3, -0.25) is 0 Å². The molecule has 72 valence electrons. The van der Waals surface area contributed by atoms with Crippen molar-refractivity contribution in [2.24, 2.45) is 0 Å². The van der Waals surface area contributed by atoms with E-state index in [0.29, 0.717) is 5.82 Å². The van der Waals surface area contributed by atoms with Gasteiger partial charge in [0, 0.05) is 4.47 Å². The van der Waals surface area contributed by atoms with E-state index in [9.17, 15) is 0 Å². The molecule has 1 heterocycles. The molecule has 0 atom stereocenters. The average Bonchev–Trinajstić information content (AvgIpc) is 2.57. The summed E-state index contributed by atoms with van der Waals surface area (Å²) in [4.78, 5) is 0. The molecule has 0 aliphatic carbocycles. The van der Waals surface area contributed by atoms with Gasteiger partial charge in [0.05, 0.1) is 11.9 Å². The highest BCUT2D eigenvalue weighted by Gasteiger charge is 2.01. The molecule has 4 nitrogen and oxygen atoms in total. The Bertz CT molecular complexity index is 464. The molecule has 0 fully saturated rings. The van der Waals surface area contributed by atoms with Crippen LogP contribution in [0.3, 0.4) is 0 Å². The van der Waals surface area contributed by atoms with Crippen LogP contribution in [-0.4, -0.2) is 15.0 Å². The number of hydrogen-bond acceptors (Lipinski definition) is 3. The van der Waals surface area contributed by atoms with Crippen LogP contribution in [0.5, 0.6) is 0 Å². The number of benzene rings is 1. The fourth-order valence-corrected chi connectivity index (χ4v) is 1.49. The number of anilines is 1. The minimum Gasteiger partial charge on any atom is -0.381 e. The monoisotopic (exact) mass is 252 g/mol. The first-order valence-electron chi connectivity index (χ1n) is 4.11. The Balaban J connectivity index is 2.47. The number of aromatic nitrogens is 3. The summed E-state index contributed by atoms with van der Waals surface area (Å²) in [7, 11) is 0. The maximum absolute atomic E-state index is 5.48. The Morgan fingerprint density at radius 2 is 2.21 bits per heavy atom. The van der Waals surface area contributed by atoms with Crippen molar-refractivity contribution in [3.05, 3.63) is 34.4 Å². The minimum atomic E-state index is 0.418. The average molecular weight is 253 g/mol. The van der Waals surface area contributed by atoms with Gasteiger partial charge in [0.15, 0.2) is 5.82 Å². The van der Waals surface area contributed by atoms with Crippen LogP contribution in [0.4, 0.5) is 5.82 Å². The first kappa shape index (κ1) is 9.21. The zero-order valence-electron chi connectivity index (χ0n) is 7.61. The lowest BCUT2D eigenvalue weighted by Crippen LogP contribution is -1.95. The molecule has 2 rings (SSSR count). The van der Waals surface area contributed by atoms with Crippen molar-refractivity contribution in [2.75, 3.05) is 5.73 Å². The lowest BCUT2D eigenvalue weighted by atomic mass is 10.2. The third-order valence-electron chi connectivity index (χ3n) is 1.93. The van der Waals surface area contributed by atoms with Crippen LogP contribution in [-0.2, 0) is 0 Å². The molecule has 0 bridgehead atoms. The van der Waals surface area contributed by atoms with E-state index in [-0.39, 0.29) is 0 Å². The molecular weight excluding hydrogens is 244 g/mol. The van der Waals surface area contributed by atoms with Gasteiger partial charge in [0.2, 0.25) is 0 Å². The summed E-state index contributed by atoms with van der Waals surface area (Å²) >= 11 is 3.46. The Labute approximate surface area is 89.9 Å². The Morgan fingerprint density at radius 1 is 1.43 bits per heavy atom. The smallest absolute Gasteiger partial charge is 0.166 e. The summed E-state index contributed by atoms with van der Waals surface area (Å²) in [6.07, 6.45) is 1.68. The summed E-state index contributed by atoms with van der Waals surface area (Å²) in [5, 5.41) is 7.60. The van der Waals surface area contributed by atoms with Gasteiger partial charge < -0.3 is 5.73 Å². The third kappa shape index (κ3) is 1.63. The second-order valence-electron chi connectivity index (χ2n) is 3.02. The van der Waals surface area contributed by atoms with Crippen molar-refractivity contribution < 1.29 is 0 Å². The van der Waals surface area contributed by atoms with Crippen LogP contribution < -0.4 is 5.73 Å². The van der Waals surface area contributed by atoms with E-state index in [0.717, 1.165) is 10.2 Å². The Hall–Kier alpha value is -1.36. The maximum Gasteiger partial charge on any atom is 0.166 e. The predicted octanol–water partition coefficient (Wildman–Crippen LogP) is 1.92. The summed E-state index contributed by atoms with van der Waals surface area (Å²) in [6.45, 7) is 2.03. The second kappa shape index (κ2) is 3.42. The van der Waals surface area contributed by atoms with E-state index in [1.165, 1.54) is 5.56 Å². The number of nitrogens with zero attached hydrogens (tertiary/aromatic N) is 3. The van der Waals surface area contributed by atoms with E-state index >= 15 is 0 Å². The van der Waals surface area contributed by atoms with Gasteiger partial charge in [-0.2, -0.15) is 0 Å². The fourth-order valence-electron chi connectivity index (χ4n) is 1.13. The van der Waals surface area contributed by atoms with Gasteiger partial charge in [-0.05, 0) is 24.6 Å². The summed E-state index contributed by atoms with van der Waals surface area (Å²) in [5.74, 6) is 0.418. The molecule has 1 aromatic carbocycles. The highest BCUT2D eigenvalue weighted by atomic mass is 79.9. The topological polar surface area (TPSA) is 56.7 Å². The maximum atomic E-state index is 5.48. The number of rotatable bonds is 1. The van der Waals surface area contributed by atoms with Crippen LogP contribution in [0.2, 0.25) is 0 Å². The highest BCUT2D eigenvalue weighted by Crippen LogP contribution is 2.19. The Kier molecular flexibility index (Phi) is 2.25. The standard InChI is InChI=1S/C9H9BrN4/c1-6-2-3-7(4-8(6)10)14-5-9(11)12-13-14/h2-5H,11H2,1H3.